The maximum Gasteiger partial charge on any atom is 0.160 e. The van der Waals surface area contributed by atoms with E-state index < -0.39 is 0 Å². The molecule has 0 aliphatic heterocycles. The Bertz CT molecular complexity index is 631. The van der Waals surface area contributed by atoms with E-state index in [2.05, 4.69) is 37.0 Å². The maximum absolute atomic E-state index is 5.88. The lowest BCUT2D eigenvalue weighted by atomic mass is 10.2. The molecule has 2 nitrogen and oxygen atoms in total. The van der Waals surface area contributed by atoms with E-state index in [1.807, 2.05) is 19.1 Å². The van der Waals surface area contributed by atoms with Gasteiger partial charge in [0.2, 0.25) is 0 Å². The third-order valence-corrected chi connectivity index (χ3v) is 4.58. The number of hydrogen-bond donors (Lipinski definition) is 0. The molecule has 0 saturated carbocycles. The molecule has 2 aromatic carbocycles. The Morgan fingerprint density at radius 1 is 1.00 bits per heavy atom. The van der Waals surface area contributed by atoms with E-state index in [-0.39, 0.29) is 0 Å². The zero-order valence-corrected chi connectivity index (χ0v) is 15.0. The quantitative estimate of drug-likeness (QED) is 0.411. The molecule has 0 bridgehead atoms. The molecular formula is C14H9Br2Cl2NO. The second-order valence-electron chi connectivity index (χ2n) is 4.04. The zero-order chi connectivity index (χ0) is 14.7. The summed E-state index contributed by atoms with van der Waals surface area (Å²) in [6.07, 6.45) is 1.61. The molecular weight excluding hydrogens is 429 g/mol. The van der Waals surface area contributed by atoms with Gasteiger partial charge in [0.05, 0.1) is 6.21 Å². The van der Waals surface area contributed by atoms with E-state index in [0.29, 0.717) is 15.8 Å². The van der Waals surface area contributed by atoms with Crippen LogP contribution in [0.2, 0.25) is 10.0 Å². The third-order valence-electron chi connectivity index (χ3n) is 2.50. The summed E-state index contributed by atoms with van der Waals surface area (Å²) in [4.78, 5) is 5.25. The Hall–Kier alpha value is -0.550. The molecule has 0 unspecified atom stereocenters. The van der Waals surface area contributed by atoms with Crippen molar-refractivity contribution in [3.63, 3.8) is 0 Å². The lowest BCUT2D eigenvalue weighted by Gasteiger charge is -2.03. The summed E-state index contributed by atoms with van der Waals surface area (Å²) >= 11 is 18.7. The Morgan fingerprint density at radius 3 is 2.10 bits per heavy atom. The van der Waals surface area contributed by atoms with Crippen molar-refractivity contribution in [2.75, 3.05) is 0 Å². The van der Waals surface area contributed by atoms with Gasteiger partial charge in [-0.1, -0.05) is 60.2 Å². The van der Waals surface area contributed by atoms with Crippen LogP contribution in [0.25, 0.3) is 0 Å². The van der Waals surface area contributed by atoms with Gasteiger partial charge in [-0.25, -0.2) is 0 Å². The number of hydrogen-bond acceptors (Lipinski definition) is 2. The highest BCUT2D eigenvalue weighted by atomic mass is 79.9. The first-order valence-electron chi connectivity index (χ1n) is 5.58. The minimum absolute atomic E-state index is 0.490. The first-order chi connectivity index (χ1) is 9.45. The second kappa shape index (κ2) is 6.94. The Labute approximate surface area is 144 Å². The molecule has 0 N–H and O–H groups in total. The summed E-state index contributed by atoms with van der Waals surface area (Å²) in [5.41, 5.74) is 2.03. The van der Waals surface area contributed by atoms with Crippen molar-refractivity contribution >= 4 is 61.3 Å². The number of oxime groups is 1. The smallest absolute Gasteiger partial charge is 0.160 e. The van der Waals surface area contributed by atoms with Gasteiger partial charge in [-0.3, -0.25) is 0 Å². The minimum Gasteiger partial charge on any atom is -0.357 e. The number of nitrogens with zero attached hydrogens (tertiary/aromatic N) is 1. The van der Waals surface area contributed by atoms with Crippen LogP contribution in [0.3, 0.4) is 0 Å². The molecule has 0 atom stereocenters. The van der Waals surface area contributed by atoms with E-state index in [0.717, 1.165) is 20.1 Å². The van der Waals surface area contributed by atoms with Gasteiger partial charge in [0.1, 0.15) is 0 Å². The molecule has 0 aromatic heterocycles. The van der Waals surface area contributed by atoms with Crippen molar-refractivity contribution in [3.05, 3.63) is 60.4 Å². The summed E-state index contributed by atoms with van der Waals surface area (Å²) in [5, 5.41) is 4.93. The highest BCUT2D eigenvalue weighted by molar-refractivity contribution is 9.11. The SMILES string of the molecule is Cc1c(Br)cc(/C=N/Oc2cc(Cl)cc(Cl)c2)cc1Br. The average molecular weight is 438 g/mol. The molecule has 2 aromatic rings. The van der Waals surface area contributed by atoms with Gasteiger partial charge in [0, 0.05) is 31.1 Å². The molecule has 104 valence electrons. The first kappa shape index (κ1) is 15.8. The van der Waals surface area contributed by atoms with Crippen molar-refractivity contribution in [2.45, 2.75) is 6.92 Å². The van der Waals surface area contributed by atoms with Crippen LogP contribution in [-0.2, 0) is 0 Å². The number of benzene rings is 2. The van der Waals surface area contributed by atoms with E-state index >= 15 is 0 Å². The van der Waals surface area contributed by atoms with Gasteiger partial charge in [-0.15, -0.1) is 0 Å². The Morgan fingerprint density at radius 2 is 1.55 bits per heavy atom. The van der Waals surface area contributed by atoms with E-state index in [9.17, 15) is 0 Å². The fraction of sp³-hybridized carbons (Fsp3) is 0.0714. The van der Waals surface area contributed by atoms with Crippen LogP contribution < -0.4 is 4.84 Å². The molecule has 0 spiro atoms. The van der Waals surface area contributed by atoms with Crippen molar-refractivity contribution in [1.29, 1.82) is 0 Å². The first-order valence-corrected chi connectivity index (χ1v) is 7.92. The third kappa shape index (κ3) is 4.22. The number of rotatable bonds is 3. The van der Waals surface area contributed by atoms with Gasteiger partial charge in [-0.05, 0) is 36.2 Å². The summed E-state index contributed by atoms with van der Waals surface area (Å²) in [6, 6.07) is 8.83. The highest BCUT2D eigenvalue weighted by Gasteiger charge is 2.02. The fourth-order valence-electron chi connectivity index (χ4n) is 1.47. The lowest BCUT2D eigenvalue weighted by Crippen LogP contribution is -1.89. The van der Waals surface area contributed by atoms with Gasteiger partial charge < -0.3 is 4.84 Å². The van der Waals surface area contributed by atoms with Crippen molar-refractivity contribution in [1.82, 2.24) is 0 Å². The average Bonchev–Trinajstić information content (AvgIpc) is 2.34. The van der Waals surface area contributed by atoms with Crippen LogP contribution in [0.5, 0.6) is 5.75 Å². The van der Waals surface area contributed by atoms with E-state index in [1.165, 1.54) is 0 Å². The molecule has 20 heavy (non-hydrogen) atoms. The highest BCUT2D eigenvalue weighted by Crippen LogP contribution is 2.26. The van der Waals surface area contributed by atoms with Crippen molar-refractivity contribution in [3.8, 4) is 5.75 Å². The van der Waals surface area contributed by atoms with Crippen LogP contribution >= 0.6 is 55.1 Å². The lowest BCUT2D eigenvalue weighted by molar-refractivity contribution is 0.344. The molecule has 0 fully saturated rings. The molecule has 0 amide bonds. The van der Waals surface area contributed by atoms with E-state index in [1.54, 1.807) is 24.4 Å². The van der Waals surface area contributed by atoms with Gasteiger partial charge >= 0.3 is 0 Å². The standard InChI is InChI=1S/C14H9Br2Cl2NO/c1-8-13(15)2-9(3-14(8)16)7-19-20-12-5-10(17)4-11(18)6-12/h2-7H,1H3/b19-7+. The molecule has 2 rings (SSSR count). The van der Waals surface area contributed by atoms with Crippen LogP contribution in [-0.4, -0.2) is 6.21 Å². The predicted molar refractivity (Wildman–Crippen MR) is 91.3 cm³/mol. The van der Waals surface area contributed by atoms with Crippen LogP contribution in [0.4, 0.5) is 0 Å². The summed E-state index contributed by atoms with van der Waals surface area (Å²) in [7, 11) is 0. The topological polar surface area (TPSA) is 21.6 Å². The van der Waals surface area contributed by atoms with Crippen LogP contribution in [0.15, 0.2) is 44.4 Å². The summed E-state index contributed by atoms with van der Waals surface area (Å²) in [6.45, 7) is 2.01. The molecule has 0 heterocycles. The largest absolute Gasteiger partial charge is 0.357 e. The predicted octanol–water partition coefficient (Wildman–Crippen LogP) is 6.24. The van der Waals surface area contributed by atoms with Crippen LogP contribution in [0, 0.1) is 6.92 Å². The fourth-order valence-corrected chi connectivity index (χ4v) is 3.20. The zero-order valence-electron chi connectivity index (χ0n) is 10.3. The van der Waals surface area contributed by atoms with Gasteiger partial charge in [0.25, 0.3) is 0 Å². The van der Waals surface area contributed by atoms with Crippen LogP contribution in [0.1, 0.15) is 11.1 Å². The van der Waals surface area contributed by atoms with Crippen molar-refractivity contribution in [2.24, 2.45) is 5.16 Å². The van der Waals surface area contributed by atoms with Crippen molar-refractivity contribution < 1.29 is 4.84 Å². The monoisotopic (exact) mass is 435 g/mol. The molecule has 6 heteroatoms. The molecule has 0 aliphatic carbocycles. The normalized spacial score (nSPS) is 11.1. The maximum atomic E-state index is 5.88. The molecule has 0 saturated heterocycles. The van der Waals surface area contributed by atoms with Gasteiger partial charge in [-0.2, -0.15) is 0 Å². The summed E-state index contributed by atoms with van der Waals surface area (Å²) < 4.78 is 2.00. The minimum atomic E-state index is 0.490. The second-order valence-corrected chi connectivity index (χ2v) is 6.62. The molecule has 0 aliphatic rings. The van der Waals surface area contributed by atoms with Gasteiger partial charge in [0.15, 0.2) is 5.75 Å². The molecule has 0 radical (unpaired) electrons. The van der Waals surface area contributed by atoms with E-state index in [4.69, 9.17) is 28.0 Å². The Balaban J connectivity index is 2.14. The number of halogens is 4. The Kier molecular flexibility index (Phi) is 5.49. The summed E-state index contributed by atoms with van der Waals surface area (Å²) in [5.74, 6) is 0.490.